The number of rotatable bonds is 5. The standard InChI is InChI=1S/C24H20F3N3O2S/c25-24(26,27)19-9-11-20(12-10-19)33(31,32)30-22-8-4-3-7-21(22)28-23(30)13-14-29-15-17-5-1-2-6-18(17)16-29/h1-12H,13-16H2. The predicted octanol–water partition coefficient (Wildman–Crippen LogP) is 4.85. The van der Waals surface area contributed by atoms with Gasteiger partial charge in [-0.25, -0.2) is 17.4 Å². The number of para-hydroxylation sites is 2. The van der Waals surface area contributed by atoms with E-state index in [0.717, 1.165) is 41.3 Å². The van der Waals surface area contributed by atoms with E-state index in [9.17, 15) is 21.6 Å². The molecule has 0 aliphatic carbocycles. The fourth-order valence-electron chi connectivity index (χ4n) is 4.22. The molecule has 0 bridgehead atoms. The van der Waals surface area contributed by atoms with Gasteiger partial charge in [-0.2, -0.15) is 13.2 Å². The molecule has 5 rings (SSSR count). The van der Waals surface area contributed by atoms with Gasteiger partial charge in [0.25, 0.3) is 10.0 Å². The summed E-state index contributed by atoms with van der Waals surface area (Å²) in [4.78, 5) is 6.56. The van der Waals surface area contributed by atoms with Gasteiger partial charge < -0.3 is 0 Å². The van der Waals surface area contributed by atoms with E-state index in [-0.39, 0.29) is 4.90 Å². The first kappa shape index (κ1) is 21.7. The highest BCUT2D eigenvalue weighted by Crippen LogP contribution is 2.31. The molecular formula is C24H20F3N3O2S. The summed E-state index contributed by atoms with van der Waals surface area (Å²) in [5.41, 5.74) is 2.53. The summed E-state index contributed by atoms with van der Waals surface area (Å²) < 4.78 is 67.0. The maximum atomic E-state index is 13.5. The van der Waals surface area contributed by atoms with Gasteiger partial charge in [-0.15, -0.1) is 0 Å². The van der Waals surface area contributed by atoms with Crippen LogP contribution in [0.1, 0.15) is 22.5 Å². The summed E-state index contributed by atoms with van der Waals surface area (Å²) >= 11 is 0. The fraction of sp³-hybridized carbons (Fsp3) is 0.208. The van der Waals surface area contributed by atoms with Gasteiger partial charge in [0, 0.05) is 26.1 Å². The Morgan fingerprint density at radius 3 is 2.09 bits per heavy atom. The first-order chi connectivity index (χ1) is 15.7. The van der Waals surface area contributed by atoms with Crippen LogP contribution in [0, 0.1) is 0 Å². The van der Waals surface area contributed by atoms with Crippen LogP contribution in [-0.4, -0.2) is 28.8 Å². The molecule has 0 radical (unpaired) electrons. The molecule has 0 fully saturated rings. The zero-order chi connectivity index (χ0) is 23.2. The summed E-state index contributed by atoms with van der Waals surface area (Å²) in [6.45, 7) is 2.16. The van der Waals surface area contributed by atoms with E-state index < -0.39 is 21.8 Å². The number of hydrogen-bond donors (Lipinski definition) is 0. The third-order valence-electron chi connectivity index (χ3n) is 5.86. The van der Waals surface area contributed by atoms with Crippen LogP contribution in [0.5, 0.6) is 0 Å². The highest BCUT2D eigenvalue weighted by molar-refractivity contribution is 7.90. The van der Waals surface area contributed by atoms with Gasteiger partial charge in [-0.3, -0.25) is 4.90 Å². The van der Waals surface area contributed by atoms with Crippen molar-refractivity contribution in [1.29, 1.82) is 0 Å². The van der Waals surface area contributed by atoms with E-state index >= 15 is 0 Å². The lowest BCUT2D eigenvalue weighted by molar-refractivity contribution is -0.137. The van der Waals surface area contributed by atoms with Crippen LogP contribution in [0.4, 0.5) is 13.2 Å². The minimum atomic E-state index is -4.54. The number of benzene rings is 3. The number of halogens is 3. The van der Waals surface area contributed by atoms with Crippen molar-refractivity contribution in [3.8, 4) is 0 Å². The number of fused-ring (bicyclic) bond motifs is 2. The van der Waals surface area contributed by atoms with Crippen LogP contribution in [-0.2, 0) is 35.7 Å². The molecule has 9 heteroatoms. The molecule has 0 saturated carbocycles. The van der Waals surface area contributed by atoms with Gasteiger partial charge >= 0.3 is 6.18 Å². The third-order valence-corrected chi connectivity index (χ3v) is 7.62. The van der Waals surface area contributed by atoms with E-state index in [0.29, 0.717) is 29.8 Å². The van der Waals surface area contributed by atoms with Gasteiger partial charge in [0.2, 0.25) is 0 Å². The van der Waals surface area contributed by atoms with E-state index in [1.807, 2.05) is 12.1 Å². The number of imidazole rings is 1. The zero-order valence-electron chi connectivity index (χ0n) is 17.5. The molecule has 3 aromatic carbocycles. The van der Waals surface area contributed by atoms with Crippen LogP contribution in [0.25, 0.3) is 11.0 Å². The van der Waals surface area contributed by atoms with E-state index in [1.54, 1.807) is 24.3 Å². The summed E-state index contributed by atoms with van der Waals surface area (Å²) in [5, 5.41) is 0. The minimum absolute atomic E-state index is 0.214. The lowest BCUT2D eigenvalue weighted by atomic mass is 10.1. The first-order valence-electron chi connectivity index (χ1n) is 10.4. The smallest absolute Gasteiger partial charge is 0.294 e. The van der Waals surface area contributed by atoms with Crippen molar-refractivity contribution in [3.63, 3.8) is 0 Å². The molecule has 4 aromatic rings. The van der Waals surface area contributed by atoms with Gasteiger partial charge in [-0.05, 0) is 47.5 Å². The largest absolute Gasteiger partial charge is 0.416 e. The van der Waals surface area contributed by atoms with Crippen molar-refractivity contribution < 1.29 is 21.6 Å². The highest BCUT2D eigenvalue weighted by Gasteiger charge is 2.31. The second-order valence-corrected chi connectivity index (χ2v) is 9.82. The van der Waals surface area contributed by atoms with Crippen molar-refractivity contribution in [3.05, 3.63) is 95.3 Å². The average Bonchev–Trinajstić information content (AvgIpc) is 3.38. The molecule has 0 unspecified atom stereocenters. The predicted molar refractivity (Wildman–Crippen MR) is 118 cm³/mol. The Morgan fingerprint density at radius 1 is 0.848 bits per heavy atom. The van der Waals surface area contributed by atoms with Gasteiger partial charge in [0.05, 0.1) is 21.5 Å². The summed E-state index contributed by atoms with van der Waals surface area (Å²) in [6, 6.07) is 18.6. The van der Waals surface area contributed by atoms with Crippen molar-refractivity contribution >= 4 is 21.1 Å². The third kappa shape index (κ3) is 4.02. The zero-order valence-corrected chi connectivity index (χ0v) is 18.3. The summed E-state index contributed by atoms with van der Waals surface area (Å²) in [5.74, 6) is 0.354. The second-order valence-electron chi connectivity index (χ2n) is 8.04. The highest BCUT2D eigenvalue weighted by atomic mass is 32.2. The van der Waals surface area contributed by atoms with Crippen molar-refractivity contribution in [2.45, 2.75) is 30.6 Å². The average molecular weight is 472 g/mol. The molecule has 1 aliphatic heterocycles. The van der Waals surface area contributed by atoms with E-state index in [4.69, 9.17) is 0 Å². The van der Waals surface area contributed by atoms with Crippen LogP contribution < -0.4 is 0 Å². The Labute approximate surface area is 189 Å². The van der Waals surface area contributed by atoms with Gasteiger partial charge in [0.1, 0.15) is 5.82 Å². The normalized spacial score (nSPS) is 14.6. The molecule has 0 amide bonds. The molecule has 0 saturated heterocycles. The molecule has 1 aliphatic rings. The van der Waals surface area contributed by atoms with Gasteiger partial charge in [-0.1, -0.05) is 36.4 Å². The topological polar surface area (TPSA) is 55.2 Å². The Kier molecular flexibility index (Phi) is 5.25. The number of hydrogen-bond acceptors (Lipinski definition) is 4. The Bertz CT molecular complexity index is 1400. The fourth-order valence-corrected chi connectivity index (χ4v) is 5.73. The Morgan fingerprint density at radius 2 is 1.45 bits per heavy atom. The molecule has 0 spiro atoms. The van der Waals surface area contributed by atoms with Crippen molar-refractivity contribution in [1.82, 2.24) is 13.9 Å². The molecule has 1 aromatic heterocycles. The molecule has 170 valence electrons. The van der Waals surface area contributed by atoms with Crippen molar-refractivity contribution in [2.75, 3.05) is 6.54 Å². The number of aromatic nitrogens is 2. The maximum Gasteiger partial charge on any atom is 0.416 e. The van der Waals surface area contributed by atoms with E-state index in [1.165, 1.54) is 11.1 Å². The monoisotopic (exact) mass is 471 g/mol. The molecule has 0 N–H and O–H groups in total. The summed E-state index contributed by atoms with van der Waals surface area (Å²) in [6.07, 6.45) is -4.16. The molecule has 5 nitrogen and oxygen atoms in total. The lowest BCUT2D eigenvalue weighted by Crippen LogP contribution is -2.23. The molecule has 2 heterocycles. The number of alkyl halides is 3. The molecule has 33 heavy (non-hydrogen) atoms. The number of nitrogens with zero attached hydrogens (tertiary/aromatic N) is 3. The molecular weight excluding hydrogens is 451 g/mol. The van der Waals surface area contributed by atoms with E-state index in [2.05, 4.69) is 22.0 Å². The van der Waals surface area contributed by atoms with Crippen LogP contribution in [0.15, 0.2) is 77.7 Å². The van der Waals surface area contributed by atoms with Crippen LogP contribution >= 0.6 is 0 Å². The van der Waals surface area contributed by atoms with Gasteiger partial charge in [0.15, 0.2) is 0 Å². The minimum Gasteiger partial charge on any atom is -0.294 e. The quantitative estimate of drug-likeness (QED) is 0.418. The Hall–Kier alpha value is -3.17. The Balaban J connectivity index is 1.48. The summed E-state index contributed by atoms with van der Waals surface area (Å²) in [7, 11) is -4.15. The van der Waals surface area contributed by atoms with Crippen LogP contribution in [0.2, 0.25) is 0 Å². The molecule has 0 atom stereocenters. The lowest BCUT2D eigenvalue weighted by Gasteiger charge is -2.16. The van der Waals surface area contributed by atoms with Crippen molar-refractivity contribution in [2.24, 2.45) is 0 Å². The second kappa shape index (κ2) is 8.00. The maximum absolute atomic E-state index is 13.5. The SMILES string of the molecule is O=S(=O)(c1ccc(C(F)(F)F)cc1)n1c(CCN2Cc3ccccc3C2)nc2ccccc21. The first-order valence-corrected chi connectivity index (χ1v) is 11.9. The van der Waals surface area contributed by atoms with Crippen LogP contribution in [0.3, 0.4) is 0 Å².